The standard InChI is InChI=1S/C22H26F3N3O3/c1-12(22(23,24)25)30-19-8-17(26-11-16(19)15-6-7-15)18(29)10-21(3,9-14-4-5-14)20-27-13(2)31-28-20/h8,11-12,14-15H,4-7,9-10H2,1-3H3/t12-,21?/m0/s1. The predicted octanol–water partition coefficient (Wildman–Crippen LogP) is 5.31. The summed E-state index contributed by atoms with van der Waals surface area (Å²) < 4.78 is 49.5. The van der Waals surface area contributed by atoms with Crippen LogP contribution in [0.5, 0.6) is 5.75 Å². The number of halogens is 3. The molecule has 2 aliphatic carbocycles. The number of pyridine rings is 1. The molecular weight excluding hydrogens is 411 g/mol. The van der Waals surface area contributed by atoms with Gasteiger partial charge in [0.2, 0.25) is 5.89 Å². The van der Waals surface area contributed by atoms with Crippen molar-refractivity contribution in [1.29, 1.82) is 0 Å². The molecule has 2 atom stereocenters. The number of aryl methyl sites for hydroxylation is 1. The van der Waals surface area contributed by atoms with Gasteiger partial charge in [-0.05, 0) is 38.0 Å². The van der Waals surface area contributed by atoms with E-state index in [-0.39, 0.29) is 29.6 Å². The molecule has 2 fully saturated rings. The number of carbonyl (C=O) groups is 1. The molecule has 0 saturated heterocycles. The summed E-state index contributed by atoms with van der Waals surface area (Å²) in [5.74, 6) is 1.35. The Labute approximate surface area is 178 Å². The summed E-state index contributed by atoms with van der Waals surface area (Å²) in [4.78, 5) is 21.8. The molecule has 1 unspecified atom stereocenters. The fraction of sp³-hybridized carbons (Fsp3) is 0.636. The molecule has 0 amide bonds. The zero-order chi connectivity index (χ0) is 22.4. The first-order valence-electron chi connectivity index (χ1n) is 10.6. The Balaban J connectivity index is 1.59. The van der Waals surface area contributed by atoms with Crippen LogP contribution in [0.1, 0.15) is 86.1 Å². The van der Waals surface area contributed by atoms with Gasteiger partial charge in [0.25, 0.3) is 0 Å². The van der Waals surface area contributed by atoms with Crippen LogP contribution in [-0.2, 0) is 5.41 Å². The maximum atomic E-state index is 13.1. The van der Waals surface area contributed by atoms with Crippen LogP contribution in [0.25, 0.3) is 0 Å². The highest BCUT2D eigenvalue weighted by Gasteiger charge is 2.41. The van der Waals surface area contributed by atoms with Gasteiger partial charge in [-0.15, -0.1) is 0 Å². The topological polar surface area (TPSA) is 78.1 Å². The second-order valence-electron chi connectivity index (χ2n) is 9.13. The van der Waals surface area contributed by atoms with Gasteiger partial charge in [-0.3, -0.25) is 9.78 Å². The predicted molar refractivity (Wildman–Crippen MR) is 105 cm³/mol. The maximum absolute atomic E-state index is 13.1. The molecule has 0 spiro atoms. The van der Waals surface area contributed by atoms with Crippen LogP contribution in [-0.4, -0.2) is 33.2 Å². The first kappa shape index (κ1) is 21.8. The number of hydrogen-bond donors (Lipinski definition) is 0. The van der Waals surface area contributed by atoms with Crippen molar-refractivity contribution < 1.29 is 27.2 Å². The van der Waals surface area contributed by atoms with Crippen LogP contribution in [0, 0.1) is 12.8 Å². The number of rotatable bonds is 9. The second-order valence-corrected chi connectivity index (χ2v) is 9.13. The van der Waals surface area contributed by atoms with Gasteiger partial charge in [-0.25, -0.2) is 0 Å². The van der Waals surface area contributed by atoms with Crippen LogP contribution in [0.15, 0.2) is 16.8 Å². The minimum absolute atomic E-state index is 0.0879. The highest BCUT2D eigenvalue weighted by atomic mass is 19.4. The number of nitrogens with zero attached hydrogens (tertiary/aromatic N) is 3. The largest absolute Gasteiger partial charge is 0.481 e. The number of alkyl halides is 3. The van der Waals surface area contributed by atoms with E-state index in [1.807, 2.05) is 6.92 Å². The molecule has 2 aromatic rings. The third kappa shape index (κ3) is 5.07. The van der Waals surface area contributed by atoms with Gasteiger partial charge in [0, 0.05) is 36.6 Å². The van der Waals surface area contributed by atoms with Crippen LogP contribution in [0.3, 0.4) is 0 Å². The molecule has 0 radical (unpaired) electrons. The van der Waals surface area contributed by atoms with E-state index in [2.05, 4.69) is 15.1 Å². The molecule has 0 aromatic carbocycles. The van der Waals surface area contributed by atoms with Gasteiger partial charge in [0.1, 0.15) is 11.4 Å². The van der Waals surface area contributed by atoms with Crippen LogP contribution >= 0.6 is 0 Å². The van der Waals surface area contributed by atoms with Crippen molar-refractivity contribution in [1.82, 2.24) is 15.1 Å². The molecular formula is C22H26F3N3O3. The minimum atomic E-state index is -4.49. The Morgan fingerprint density at radius 3 is 2.55 bits per heavy atom. The van der Waals surface area contributed by atoms with Gasteiger partial charge in [-0.1, -0.05) is 24.9 Å². The van der Waals surface area contributed by atoms with E-state index in [9.17, 15) is 18.0 Å². The summed E-state index contributed by atoms with van der Waals surface area (Å²) >= 11 is 0. The average Bonchev–Trinajstić information content (AvgIpc) is 3.61. The SMILES string of the molecule is Cc1nc(C(C)(CC(=O)c2cc(O[C@@H](C)C(F)(F)F)c(C3CC3)cn2)CC2CC2)no1. The van der Waals surface area contributed by atoms with Crippen molar-refractivity contribution in [3.63, 3.8) is 0 Å². The molecule has 2 aliphatic rings. The molecule has 0 aliphatic heterocycles. The summed E-state index contributed by atoms with van der Waals surface area (Å²) in [5, 5.41) is 4.04. The lowest BCUT2D eigenvalue weighted by molar-refractivity contribution is -0.189. The van der Waals surface area contributed by atoms with Crippen LogP contribution < -0.4 is 4.74 Å². The van der Waals surface area contributed by atoms with Crippen molar-refractivity contribution in [2.24, 2.45) is 5.92 Å². The summed E-state index contributed by atoms with van der Waals surface area (Å²) in [6, 6.07) is 1.36. The Morgan fingerprint density at radius 1 is 1.29 bits per heavy atom. The fourth-order valence-electron chi connectivity index (χ4n) is 3.85. The highest BCUT2D eigenvalue weighted by molar-refractivity contribution is 5.95. The summed E-state index contributed by atoms with van der Waals surface area (Å²) in [7, 11) is 0. The number of hydrogen-bond acceptors (Lipinski definition) is 6. The van der Waals surface area contributed by atoms with Gasteiger partial charge >= 0.3 is 6.18 Å². The highest BCUT2D eigenvalue weighted by Crippen LogP contribution is 2.46. The second kappa shape index (κ2) is 7.91. The molecule has 6 nitrogen and oxygen atoms in total. The molecule has 9 heteroatoms. The molecule has 168 valence electrons. The van der Waals surface area contributed by atoms with E-state index >= 15 is 0 Å². The third-order valence-electron chi connectivity index (χ3n) is 6.02. The van der Waals surface area contributed by atoms with E-state index in [0.29, 0.717) is 23.2 Å². The van der Waals surface area contributed by atoms with E-state index in [0.717, 1.165) is 39.0 Å². The van der Waals surface area contributed by atoms with Crippen molar-refractivity contribution in [2.45, 2.75) is 82.9 Å². The van der Waals surface area contributed by atoms with Gasteiger partial charge in [-0.2, -0.15) is 18.2 Å². The number of aromatic nitrogens is 3. The van der Waals surface area contributed by atoms with Crippen molar-refractivity contribution in [3.8, 4) is 5.75 Å². The zero-order valence-electron chi connectivity index (χ0n) is 17.8. The Kier molecular flexibility index (Phi) is 5.55. The summed E-state index contributed by atoms with van der Waals surface area (Å²) in [5.41, 5.74) is 0.0887. The summed E-state index contributed by atoms with van der Waals surface area (Å²) in [6.45, 7) is 4.58. The Morgan fingerprint density at radius 2 is 2.00 bits per heavy atom. The molecule has 4 rings (SSSR count). The number of ketones is 1. The molecule has 2 aromatic heterocycles. The molecule has 2 saturated carbocycles. The van der Waals surface area contributed by atoms with Crippen molar-refractivity contribution in [3.05, 3.63) is 35.2 Å². The number of carbonyl (C=O) groups excluding carboxylic acids is 1. The smallest absolute Gasteiger partial charge is 0.425 e. The normalized spacial score (nSPS) is 19.7. The number of ether oxygens (including phenoxy) is 1. The minimum Gasteiger partial charge on any atom is -0.481 e. The first-order valence-corrected chi connectivity index (χ1v) is 10.6. The van der Waals surface area contributed by atoms with E-state index in [1.165, 1.54) is 12.3 Å². The quantitative estimate of drug-likeness (QED) is 0.495. The molecule has 2 heterocycles. The van der Waals surface area contributed by atoms with Gasteiger partial charge in [0.15, 0.2) is 17.7 Å². The van der Waals surface area contributed by atoms with Crippen LogP contribution in [0.2, 0.25) is 0 Å². The lowest BCUT2D eigenvalue weighted by Crippen LogP contribution is -2.31. The fourth-order valence-corrected chi connectivity index (χ4v) is 3.85. The van der Waals surface area contributed by atoms with E-state index in [4.69, 9.17) is 9.26 Å². The van der Waals surface area contributed by atoms with Crippen molar-refractivity contribution in [2.75, 3.05) is 0 Å². The third-order valence-corrected chi connectivity index (χ3v) is 6.02. The molecule has 0 bridgehead atoms. The Hall–Kier alpha value is -2.45. The van der Waals surface area contributed by atoms with E-state index in [1.54, 1.807) is 6.92 Å². The summed E-state index contributed by atoms with van der Waals surface area (Å²) in [6.07, 6.45) is -0.195. The number of Topliss-reactive ketones (excluding diaryl/α,β-unsaturated/α-hetero) is 1. The van der Waals surface area contributed by atoms with Gasteiger partial charge in [0.05, 0.1) is 0 Å². The zero-order valence-corrected chi connectivity index (χ0v) is 17.8. The van der Waals surface area contributed by atoms with E-state index < -0.39 is 17.7 Å². The molecule has 0 N–H and O–H groups in total. The average molecular weight is 437 g/mol. The monoisotopic (exact) mass is 437 g/mol. The van der Waals surface area contributed by atoms with Crippen molar-refractivity contribution >= 4 is 5.78 Å². The van der Waals surface area contributed by atoms with Crippen LogP contribution in [0.4, 0.5) is 13.2 Å². The molecule has 31 heavy (non-hydrogen) atoms. The first-order chi connectivity index (χ1) is 14.5. The Bertz CT molecular complexity index is 966. The lowest BCUT2D eigenvalue weighted by Gasteiger charge is -2.25. The van der Waals surface area contributed by atoms with Gasteiger partial charge < -0.3 is 9.26 Å². The lowest BCUT2D eigenvalue weighted by atomic mass is 9.78. The maximum Gasteiger partial charge on any atom is 0.425 e.